The van der Waals surface area contributed by atoms with Gasteiger partial charge in [-0.15, -0.1) is 0 Å². The fraction of sp³-hybridized carbons (Fsp3) is 0.444. The number of aryl methyl sites for hydroxylation is 1. The smallest absolute Gasteiger partial charge is 0.250 e. The maximum Gasteiger partial charge on any atom is 0.250 e. The van der Waals surface area contributed by atoms with E-state index in [0.717, 1.165) is 5.56 Å². The molecule has 3 aliphatic heterocycles. The topological polar surface area (TPSA) is 117 Å². The second kappa shape index (κ2) is 9.96. The van der Waals surface area contributed by atoms with Gasteiger partial charge in [0, 0.05) is 12.2 Å². The van der Waals surface area contributed by atoms with Gasteiger partial charge in [0.1, 0.15) is 17.4 Å². The van der Waals surface area contributed by atoms with Gasteiger partial charge < -0.3 is 30.1 Å². The first-order valence-corrected chi connectivity index (χ1v) is 12.9. The summed E-state index contributed by atoms with van der Waals surface area (Å²) in [5.74, 6) is -2.04. The summed E-state index contributed by atoms with van der Waals surface area (Å²) in [5, 5.41) is 15.9. The van der Waals surface area contributed by atoms with Crippen LogP contribution in [0.1, 0.15) is 25.3 Å². The van der Waals surface area contributed by atoms with E-state index in [2.05, 4.69) is 10.6 Å². The maximum atomic E-state index is 13.7. The Bertz CT molecular complexity index is 1200. The van der Waals surface area contributed by atoms with E-state index >= 15 is 0 Å². The number of hydrogen-bond donors (Lipinski definition) is 3. The van der Waals surface area contributed by atoms with Crippen molar-refractivity contribution in [1.82, 2.24) is 4.90 Å². The molecule has 9 nitrogen and oxygen atoms in total. The lowest BCUT2D eigenvalue weighted by Crippen LogP contribution is -2.53. The predicted molar refractivity (Wildman–Crippen MR) is 137 cm³/mol. The van der Waals surface area contributed by atoms with E-state index in [0.29, 0.717) is 41.6 Å². The molecule has 0 aromatic heterocycles. The molecule has 2 aromatic rings. The summed E-state index contributed by atoms with van der Waals surface area (Å²) in [4.78, 5) is 42.2. The van der Waals surface area contributed by atoms with Gasteiger partial charge in [0.05, 0.1) is 41.9 Å². The van der Waals surface area contributed by atoms with Crippen molar-refractivity contribution in [3.8, 4) is 5.75 Å². The van der Waals surface area contributed by atoms with Crippen molar-refractivity contribution in [3.63, 3.8) is 0 Å². The third kappa shape index (κ3) is 4.24. The number of rotatable bonds is 8. The fourth-order valence-electron chi connectivity index (χ4n) is 6.11. The summed E-state index contributed by atoms with van der Waals surface area (Å²) in [7, 11) is 0. The maximum absolute atomic E-state index is 13.7. The van der Waals surface area contributed by atoms with Crippen LogP contribution in [0.5, 0.6) is 5.75 Å². The number of aliphatic hydroxyl groups is 1. The van der Waals surface area contributed by atoms with Crippen LogP contribution >= 0.6 is 11.6 Å². The minimum Gasteiger partial charge on any atom is -0.494 e. The van der Waals surface area contributed by atoms with Crippen LogP contribution in [0.4, 0.5) is 11.4 Å². The molecule has 196 valence electrons. The average molecular weight is 528 g/mol. The Morgan fingerprint density at radius 3 is 2.62 bits per heavy atom. The minimum atomic E-state index is -1.16. The Kier molecular flexibility index (Phi) is 6.87. The van der Waals surface area contributed by atoms with E-state index in [9.17, 15) is 19.5 Å². The Morgan fingerprint density at radius 1 is 1.19 bits per heavy atom. The lowest BCUT2D eigenvalue weighted by Gasteiger charge is -2.33. The van der Waals surface area contributed by atoms with Gasteiger partial charge in [-0.25, -0.2) is 0 Å². The Morgan fingerprint density at radius 2 is 1.95 bits per heavy atom. The lowest BCUT2D eigenvalue weighted by atomic mass is 9.70. The largest absolute Gasteiger partial charge is 0.494 e. The molecule has 0 radical (unpaired) electrons. The summed E-state index contributed by atoms with van der Waals surface area (Å²) >= 11 is 6.34. The number of carbonyl (C=O) groups excluding carboxylic acids is 3. The van der Waals surface area contributed by atoms with E-state index in [4.69, 9.17) is 21.1 Å². The number of halogens is 1. The molecule has 2 bridgehead atoms. The third-order valence-electron chi connectivity index (χ3n) is 7.60. The average Bonchev–Trinajstić information content (AvgIpc) is 3.51. The second-order valence-corrected chi connectivity index (χ2v) is 10.1. The van der Waals surface area contributed by atoms with Crippen LogP contribution in [0.3, 0.4) is 0 Å². The normalized spacial score (nSPS) is 27.8. The summed E-state index contributed by atoms with van der Waals surface area (Å²) in [6, 6.07) is 11.3. The molecule has 1 spiro atoms. The van der Waals surface area contributed by atoms with E-state index in [1.807, 2.05) is 19.9 Å². The first-order chi connectivity index (χ1) is 17.8. The third-order valence-corrected chi connectivity index (χ3v) is 7.91. The molecule has 3 heterocycles. The molecule has 3 saturated heterocycles. The zero-order valence-corrected chi connectivity index (χ0v) is 21.5. The Hall–Kier alpha value is -3.14. The molecule has 0 aliphatic carbocycles. The van der Waals surface area contributed by atoms with Crippen LogP contribution in [0, 0.1) is 18.8 Å². The molecule has 3 aliphatic rings. The first-order valence-electron chi connectivity index (χ1n) is 12.5. The number of anilines is 2. The predicted octanol–water partition coefficient (Wildman–Crippen LogP) is 2.99. The molecule has 3 N–H and O–H groups in total. The molecule has 3 amide bonds. The van der Waals surface area contributed by atoms with Gasteiger partial charge in [-0.1, -0.05) is 23.7 Å². The number of para-hydroxylation sites is 1. The van der Waals surface area contributed by atoms with Crippen molar-refractivity contribution in [1.29, 1.82) is 0 Å². The summed E-state index contributed by atoms with van der Waals surface area (Å²) in [5.41, 5.74) is 0.656. The zero-order valence-electron chi connectivity index (χ0n) is 20.7. The monoisotopic (exact) mass is 527 g/mol. The number of likely N-dealkylation sites (tertiary alicyclic amines) is 1. The van der Waals surface area contributed by atoms with Crippen LogP contribution in [0.25, 0.3) is 0 Å². The van der Waals surface area contributed by atoms with Gasteiger partial charge in [-0.3, -0.25) is 14.4 Å². The summed E-state index contributed by atoms with van der Waals surface area (Å²) < 4.78 is 11.8. The molecule has 3 fully saturated rings. The molecule has 10 heteroatoms. The van der Waals surface area contributed by atoms with Gasteiger partial charge in [-0.2, -0.15) is 0 Å². The molecule has 5 rings (SSSR count). The Balaban J connectivity index is 1.42. The minimum absolute atomic E-state index is 0.0437. The van der Waals surface area contributed by atoms with Gasteiger partial charge in [-0.05, 0) is 62.6 Å². The lowest BCUT2D eigenvalue weighted by molar-refractivity contribution is -0.140. The SMILES string of the molecule is CCOc1ccc(NC(=O)[C@@H]2[C@@H]3CCC4(O3)C(C(=O)Nc3c(C)cccc3Cl)N(CCO)C(=O)[C@H]24)cc1. The van der Waals surface area contributed by atoms with Crippen LogP contribution in [0.15, 0.2) is 42.5 Å². The van der Waals surface area contributed by atoms with E-state index in [-0.39, 0.29) is 25.0 Å². The van der Waals surface area contributed by atoms with Crippen molar-refractivity contribution < 1.29 is 29.0 Å². The number of β-amino-alcohol motifs (C(OH)–C–C–N with tert-alkyl or cyclic N) is 1. The summed E-state index contributed by atoms with van der Waals surface area (Å²) in [6.07, 6.45) is 0.528. The zero-order chi connectivity index (χ0) is 26.3. The van der Waals surface area contributed by atoms with Crippen LogP contribution in [0.2, 0.25) is 5.02 Å². The highest BCUT2D eigenvalue weighted by Gasteiger charge is 2.74. The van der Waals surface area contributed by atoms with Gasteiger partial charge in [0.15, 0.2) is 0 Å². The van der Waals surface area contributed by atoms with Crippen molar-refractivity contribution >= 4 is 40.7 Å². The van der Waals surface area contributed by atoms with E-state index in [1.165, 1.54) is 4.90 Å². The molecule has 37 heavy (non-hydrogen) atoms. The second-order valence-electron chi connectivity index (χ2n) is 9.68. The van der Waals surface area contributed by atoms with Crippen LogP contribution in [-0.2, 0) is 19.1 Å². The number of aliphatic hydroxyl groups excluding tert-OH is 1. The standard InChI is InChI=1S/C27H30ClN3O6/c1-3-36-17-9-7-16(8-10-17)29-24(33)20-19-11-12-27(37-19)21(20)26(35)31(13-14-32)23(27)25(34)30-22-15(2)5-4-6-18(22)28/h4-10,19-21,23,32H,3,11-14H2,1-2H3,(H,29,33)(H,30,34)/t19-,20+,21-,23?,27?/m0/s1. The number of fused-ring (bicyclic) bond motifs is 1. The summed E-state index contributed by atoms with van der Waals surface area (Å²) in [6.45, 7) is 3.89. The van der Waals surface area contributed by atoms with Crippen LogP contribution in [-0.4, -0.2) is 65.2 Å². The van der Waals surface area contributed by atoms with Gasteiger partial charge in [0.2, 0.25) is 17.7 Å². The quantitative estimate of drug-likeness (QED) is 0.486. The number of ether oxygens (including phenoxy) is 2. The van der Waals surface area contributed by atoms with Gasteiger partial charge in [0.25, 0.3) is 0 Å². The molecule has 2 unspecified atom stereocenters. The van der Waals surface area contributed by atoms with Gasteiger partial charge >= 0.3 is 0 Å². The highest BCUT2D eigenvalue weighted by atomic mass is 35.5. The molecule has 5 atom stereocenters. The molecular weight excluding hydrogens is 498 g/mol. The first kappa shape index (κ1) is 25.5. The number of nitrogens with one attached hydrogen (secondary N) is 2. The highest BCUT2D eigenvalue weighted by molar-refractivity contribution is 6.34. The molecule has 0 saturated carbocycles. The van der Waals surface area contributed by atoms with Crippen molar-refractivity contribution in [2.45, 2.75) is 44.4 Å². The van der Waals surface area contributed by atoms with Crippen molar-refractivity contribution in [2.75, 3.05) is 30.4 Å². The Labute approximate surface area is 220 Å². The van der Waals surface area contributed by atoms with Crippen LogP contribution < -0.4 is 15.4 Å². The number of benzene rings is 2. The van der Waals surface area contributed by atoms with E-state index < -0.39 is 35.5 Å². The fourth-order valence-corrected chi connectivity index (χ4v) is 6.38. The number of hydrogen-bond acceptors (Lipinski definition) is 6. The highest BCUT2D eigenvalue weighted by Crippen LogP contribution is 2.58. The number of amides is 3. The van der Waals surface area contributed by atoms with Crippen molar-refractivity contribution in [3.05, 3.63) is 53.1 Å². The number of nitrogens with zero attached hydrogens (tertiary/aromatic N) is 1. The molecule has 2 aromatic carbocycles. The van der Waals surface area contributed by atoms with E-state index in [1.54, 1.807) is 36.4 Å². The van der Waals surface area contributed by atoms with Crippen molar-refractivity contribution in [2.24, 2.45) is 11.8 Å². The number of carbonyl (C=O) groups is 3. The molecular formula is C27H30ClN3O6.